The average Bonchev–Trinajstić information content (AvgIpc) is 2.62. The average molecular weight is 313 g/mol. The summed E-state index contributed by atoms with van der Waals surface area (Å²) in [5.41, 5.74) is 3.20. The van der Waals surface area contributed by atoms with Gasteiger partial charge in [-0.05, 0) is 23.3 Å². The SMILES string of the molecule is O=C(O)C(c1ccccc1)c1c2ccccc2nc2ccccc12. The van der Waals surface area contributed by atoms with E-state index >= 15 is 0 Å². The van der Waals surface area contributed by atoms with Crippen molar-refractivity contribution in [3.63, 3.8) is 0 Å². The van der Waals surface area contributed by atoms with Gasteiger partial charge in [0.05, 0.1) is 11.0 Å². The molecule has 1 heterocycles. The van der Waals surface area contributed by atoms with Gasteiger partial charge >= 0.3 is 5.97 Å². The van der Waals surface area contributed by atoms with E-state index < -0.39 is 11.9 Å². The Morgan fingerprint density at radius 1 is 0.750 bits per heavy atom. The Morgan fingerprint density at radius 2 is 1.25 bits per heavy atom. The van der Waals surface area contributed by atoms with E-state index in [4.69, 9.17) is 0 Å². The number of hydrogen-bond donors (Lipinski definition) is 1. The van der Waals surface area contributed by atoms with Crippen LogP contribution in [0.3, 0.4) is 0 Å². The molecule has 0 saturated carbocycles. The Bertz CT molecular complexity index is 987. The number of carbonyl (C=O) groups is 1. The monoisotopic (exact) mass is 313 g/mol. The van der Waals surface area contributed by atoms with Gasteiger partial charge in [-0.1, -0.05) is 66.7 Å². The first kappa shape index (κ1) is 14.4. The Kier molecular flexibility index (Phi) is 3.47. The van der Waals surface area contributed by atoms with Crippen LogP contribution in [0.5, 0.6) is 0 Å². The Labute approximate surface area is 139 Å². The molecule has 3 aromatic carbocycles. The van der Waals surface area contributed by atoms with E-state index in [1.54, 1.807) is 0 Å². The van der Waals surface area contributed by atoms with Crippen LogP contribution in [-0.2, 0) is 4.79 Å². The predicted octanol–water partition coefficient (Wildman–Crippen LogP) is 4.60. The fourth-order valence-electron chi connectivity index (χ4n) is 3.26. The maximum atomic E-state index is 12.2. The highest BCUT2D eigenvalue weighted by molar-refractivity contribution is 6.02. The highest BCUT2D eigenvalue weighted by Crippen LogP contribution is 2.35. The topological polar surface area (TPSA) is 50.2 Å². The number of carboxylic acid groups (broad SMARTS) is 1. The molecule has 3 nitrogen and oxygen atoms in total. The Balaban J connectivity index is 2.14. The van der Waals surface area contributed by atoms with Gasteiger partial charge in [0.2, 0.25) is 0 Å². The van der Waals surface area contributed by atoms with Crippen LogP contribution in [0.15, 0.2) is 78.9 Å². The molecule has 0 spiro atoms. The number of rotatable bonds is 3. The number of aliphatic carboxylic acids is 1. The van der Waals surface area contributed by atoms with Gasteiger partial charge in [-0.3, -0.25) is 4.79 Å². The van der Waals surface area contributed by atoms with Gasteiger partial charge in [0.15, 0.2) is 0 Å². The van der Waals surface area contributed by atoms with Crippen LogP contribution in [0, 0.1) is 0 Å². The second-order valence-corrected chi connectivity index (χ2v) is 5.74. The highest BCUT2D eigenvalue weighted by Gasteiger charge is 2.26. The maximum absolute atomic E-state index is 12.2. The molecule has 1 atom stereocenters. The Hall–Kier alpha value is -3.20. The molecule has 0 amide bonds. The second-order valence-electron chi connectivity index (χ2n) is 5.74. The summed E-state index contributed by atoms with van der Waals surface area (Å²) in [6, 6.07) is 24.8. The van der Waals surface area contributed by atoms with E-state index in [1.165, 1.54) is 0 Å². The molecule has 24 heavy (non-hydrogen) atoms. The lowest BCUT2D eigenvalue weighted by atomic mass is 9.86. The molecule has 1 aromatic heterocycles. The molecule has 0 aliphatic heterocycles. The van der Waals surface area contributed by atoms with Crippen molar-refractivity contribution in [2.24, 2.45) is 0 Å². The summed E-state index contributed by atoms with van der Waals surface area (Å²) in [6.07, 6.45) is 0. The van der Waals surface area contributed by atoms with Crippen LogP contribution >= 0.6 is 0 Å². The van der Waals surface area contributed by atoms with Gasteiger partial charge in [0.1, 0.15) is 5.92 Å². The molecule has 1 unspecified atom stereocenters. The first-order valence-electron chi connectivity index (χ1n) is 7.81. The van der Waals surface area contributed by atoms with Gasteiger partial charge in [0, 0.05) is 10.8 Å². The van der Waals surface area contributed by atoms with E-state index in [0.717, 1.165) is 32.9 Å². The molecule has 4 rings (SSSR count). The lowest BCUT2D eigenvalue weighted by molar-refractivity contribution is -0.137. The number of benzene rings is 3. The number of fused-ring (bicyclic) bond motifs is 2. The quantitative estimate of drug-likeness (QED) is 0.562. The standard InChI is InChI=1S/C21H15NO2/c23-21(24)19(14-8-2-1-3-9-14)20-15-10-4-6-12-17(15)22-18-13-7-5-11-16(18)20/h1-13,19H,(H,23,24). The third kappa shape index (κ3) is 2.31. The summed E-state index contributed by atoms with van der Waals surface area (Å²) >= 11 is 0. The number of hydrogen-bond acceptors (Lipinski definition) is 2. The summed E-state index contributed by atoms with van der Waals surface area (Å²) in [4.78, 5) is 16.8. The van der Waals surface area contributed by atoms with Crippen LogP contribution < -0.4 is 0 Å². The molecule has 0 bridgehead atoms. The Morgan fingerprint density at radius 3 is 1.79 bits per heavy atom. The minimum Gasteiger partial charge on any atom is -0.481 e. The summed E-state index contributed by atoms with van der Waals surface area (Å²) in [5.74, 6) is -1.59. The summed E-state index contributed by atoms with van der Waals surface area (Å²) in [7, 11) is 0. The van der Waals surface area contributed by atoms with E-state index in [-0.39, 0.29) is 0 Å². The van der Waals surface area contributed by atoms with Crippen molar-refractivity contribution in [1.29, 1.82) is 0 Å². The van der Waals surface area contributed by atoms with E-state index in [9.17, 15) is 9.90 Å². The number of carboxylic acids is 1. The first-order valence-corrected chi connectivity index (χ1v) is 7.81. The molecular weight excluding hydrogens is 298 g/mol. The minimum atomic E-state index is -0.859. The molecule has 3 heteroatoms. The largest absolute Gasteiger partial charge is 0.481 e. The molecule has 1 N–H and O–H groups in total. The van der Waals surface area contributed by atoms with Crippen LogP contribution in [-0.4, -0.2) is 16.1 Å². The third-order valence-corrected chi connectivity index (χ3v) is 4.30. The molecule has 0 aliphatic carbocycles. The number of para-hydroxylation sites is 2. The van der Waals surface area contributed by atoms with Gasteiger partial charge in [-0.25, -0.2) is 4.98 Å². The van der Waals surface area contributed by atoms with Gasteiger partial charge in [-0.15, -0.1) is 0 Å². The molecule has 0 aliphatic rings. The fraction of sp³-hybridized carbons (Fsp3) is 0.0476. The zero-order valence-corrected chi connectivity index (χ0v) is 12.9. The highest BCUT2D eigenvalue weighted by atomic mass is 16.4. The van der Waals surface area contributed by atoms with Crippen LogP contribution in [0.1, 0.15) is 17.0 Å². The molecule has 0 saturated heterocycles. The number of aromatic nitrogens is 1. The lowest BCUT2D eigenvalue weighted by Gasteiger charge is -2.18. The number of nitrogens with zero attached hydrogens (tertiary/aromatic N) is 1. The zero-order chi connectivity index (χ0) is 16.5. The second kappa shape index (κ2) is 5.78. The third-order valence-electron chi connectivity index (χ3n) is 4.30. The van der Waals surface area contributed by atoms with Crippen LogP contribution in [0.4, 0.5) is 0 Å². The molecule has 4 aromatic rings. The summed E-state index contributed by atoms with van der Waals surface area (Å²) in [5, 5.41) is 11.7. The maximum Gasteiger partial charge on any atom is 0.315 e. The van der Waals surface area contributed by atoms with Crippen molar-refractivity contribution in [3.05, 3.63) is 90.0 Å². The van der Waals surface area contributed by atoms with Crippen LogP contribution in [0.25, 0.3) is 21.8 Å². The van der Waals surface area contributed by atoms with Gasteiger partial charge in [0.25, 0.3) is 0 Å². The molecular formula is C21H15NO2. The van der Waals surface area contributed by atoms with E-state index in [0.29, 0.717) is 0 Å². The van der Waals surface area contributed by atoms with E-state index in [2.05, 4.69) is 4.98 Å². The first-order chi connectivity index (χ1) is 11.8. The predicted molar refractivity (Wildman–Crippen MR) is 95.2 cm³/mol. The fourth-order valence-corrected chi connectivity index (χ4v) is 3.26. The molecule has 116 valence electrons. The molecule has 0 fully saturated rings. The van der Waals surface area contributed by atoms with E-state index in [1.807, 2.05) is 78.9 Å². The zero-order valence-electron chi connectivity index (χ0n) is 12.9. The smallest absolute Gasteiger partial charge is 0.315 e. The summed E-state index contributed by atoms with van der Waals surface area (Å²) in [6.45, 7) is 0. The summed E-state index contributed by atoms with van der Waals surface area (Å²) < 4.78 is 0. The minimum absolute atomic E-state index is 0.732. The van der Waals surface area contributed by atoms with Crippen molar-refractivity contribution in [1.82, 2.24) is 4.98 Å². The van der Waals surface area contributed by atoms with Crippen molar-refractivity contribution in [2.45, 2.75) is 5.92 Å². The van der Waals surface area contributed by atoms with Crippen LogP contribution in [0.2, 0.25) is 0 Å². The number of pyridine rings is 1. The normalized spacial score (nSPS) is 12.3. The van der Waals surface area contributed by atoms with Gasteiger partial charge < -0.3 is 5.11 Å². The lowest BCUT2D eigenvalue weighted by Crippen LogP contribution is -2.14. The van der Waals surface area contributed by atoms with Crippen molar-refractivity contribution in [3.8, 4) is 0 Å². The van der Waals surface area contributed by atoms with Crippen molar-refractivity contribution >= 4 is 27.8 Å². The van der Waals surface area contributed by atoms with Crippen molar-refractivity contribution < 1.29 is 9.90 Å². The van der Waals surface area contributed by atoms with Gasteiger partial charge in [-0.2, -0.15) is 0 Å². The molecule has 0 radical (unpaired) electrons. The van der Waals surface area contributed by atoms with Crippen molar-refractivity contribution in [2.75, 3.05) is 0 Å².